The van der Waals surface area contributed by atoms with Gasteiger partial charge in [-0.15, -0.1) is 11.3 Å². The molecule has 0 bridgehead atoms. The van der Waals surface area contributed by atoms with Crippen molar-refractivity contribution in [2.45, 2.75) is 41.2 Å². The Kier molecular flexibility index (Phi) is 12.0. The molecule has 0 aromatic carbocycles. The lowest BCUT2D eigenvalue weighted by Crippen LogP contribution is -2.51. The van der Waals surface area contributed by atoms with Crippen LogP contribution in [-0.2, 0) is 16.1 Å². The number of methoxy groups -OCH3 is 1. The molecule has 10 nitrogen and oxygen atoms in total. The van der Waals surface area contributed by atoms with Crippen LogP contribution in [0.1, 0.15) is 40.2 Å². The van der Waals surface area contributed by atoms with Gasteiger partial charge in [-0.05, 0) is 17.7 Å². The van der Waals surface area contributed by atoms with Crippen molar-refractivity contribution in [2.24, 2.45) is 5.41 Å². The molecule has 0 atom stereocenters. The van der Waals surface area contributed by atoms with E-state index in [4.69, 9.17) is 25.2 Å². The number of amides is 1. The molecular weight excluding hydrogens is 558 g/mol. The molecule has 2 saturated heterocycles. The maximum Gasteiger partial charge on any atom is 0.236 e. The monoisotopic (exact) mass is 603 g/mol. The van der Waals surface area contributed by atoms with Crippen molar-refractivity contribution >= 4 is 51.7 Å². The second-order valence-corrected chi connectivity index (χ2v) is 11.4. The van der Waals surface area contributed by atoms with Gasteiger partial charge in [-0.25, -0.2) is 15.0 Å². The predicted octanol–water partition coefficient (Wildman–Crippen LogP) is 4.44. The fourth-order valence-corrected chi connectivity index (χ4v) is 5.77. The van der Waals surface area contributed by atoms with Gasteiger partial charge in [0.1, 0.15) is 0 Å². The third kappa shape index (κ3) is 7.79. The van der Waals surface area contributed by atoms with Crippen molar-refractivity contribution in [1.29, 1.82) is 0 Å². The SMILES string of the molecule is CC.COc1ncc(-c2nc(N3CCOCC3)nc3c(CN4CCN(C(=O)C(C)(C)C)CC4)csc23)cc1N.CS. The molecule has 5 rings (SSSR count). The first-order chi connectivity index (χ1) is 19.7. The summed E-state index contributed by atoms with van der Waals surface area (Å²) in [5.74, 6) is 1.31. The molecular formula is C29H45N7O3S2. The Morgan fingerprint density at radius 2 is 1.76 bits per heavy atom. The number of fused-ring (bicyclic) bond motifs is 1. The average molecular weight is 604 g/mol. The Hall–Kier alpha value is -2.67. The number of hydrogen-bond acceptors (Lipinski definition) is 11. The lowest BCUT2D eigenvalue weighted by molar-refractivity contribution is -0.141. The molecule has 2 N–H and O–H groups in total. The van der Waals surface area contributed by atoms with Gasteiger partial charge in [0, 0.05) is 68.6 Å². The zero-order valence-corrected chi connectivity index (χ0v) is 27.1. The summed E-state index contributed by atoms with van der Waals surface area (Å²) < 4.78 is 11.8. The molecule has 3 aromatic rings. The maximum absolute atomic E-state index is 12.7. The lowest BCUT2D eigenvalue weighted by Gasteiger charge is -2.37. The lowest BCUT2D eigenvalue weighted by atomic mass is 9.94. The number of nitrogens with two attached hydrogens (primary N) is 1. The number of piperazine rings is 1. The van der Waals surface area contributed by atoms with E-state index in [0.29, 0.717) is 30.7 Å². The van der Waals surface area contributed by atoms with Crippen molar-refractivity contribution in [3.8, 4) is 17.1 Å². The Morgan fingerprint density at radius 1 is 1.10 bits per heavy atom. The van der Waals surface area contributed by atoms with Crippen LogP contribution in [0.2, 0.25) is 0 Å². The number of carbonyl (C=O) groups excluding carboxylic acids is 1. The minimum atomic E-state index is -0.353. The summed E-state index contributed by atoms with van der Waals surface area (Å²) in [6.07, 6.45) is 3.45. The molecule has 0 aliphatic carbocycles. The number of carbonyl (C=O) groups is 1. The molecule has 2 fully saturated rings. The molecule has 2 aliphatic rings. The van der Waals surface area contributed by atoms with Gasteiger partial charge >= 0.3 is 0 Å². The quantitative estimate of drug-likeness (QED) is 0.409. The molecule has 0 radical (unpaired) electrons. The maximum atomic E-state index is 12.7. The Balaban J connectivity index is 0.00000111. The van der Waals surface area contributed by atoms with Gasteiger partial charge in [0.05, 0.1) is 41.9 Å². The normalized spacial score (nSPS) is 16.0. The van der Waals surface area contributed by atoms with Crippen molar-refractivity contribution in [2.75, 3.05) is 76.5 Å². The second kappa shape index (κ2) is 15.0. The third-order valence-corrected chi connectivity index (χ3v) is 7.84. The highest BCUT2D eigenvalue weighted by molar-refractivity contribution is 7.79. The van der Waals surface area contributed by atoms with Crippen LogP contribution < -0.4 is 15.4 Å². The van der Waals surface area contributed by atoms with Gasteiger partial charge in [-0.1, -0.05) is 34.6 Å². The third-order valence-electron chi connectivity index (χ3n) is 6.81. The Morgan fingerprint density at radius 3 is 2.34 bits per heavy atom. The number of rotatable bonds is 5. The van der Waals surface area contributed by atoms with Gasteiger partial charge in [0.2, 0.25) is 17.7 Å². The van der Waals surface area contributed by atoms with Crippen LogP contribution in [0.3, 0.4) is 0 Å². The highest BCUT2D eigenvalue weighted by Gasteiger charge is 2.30. The minimum Gasteiger partial charge on any atom is -0.480 e. The molecule has 12 heteroatoms. The zero-order chi connectivity index (χ0) is 30.2. The van der Waals surface area contributed by atoms with Crippen molar-refractivity contribution in [3.63, 3.8) is 0 Å². The number of aromatic nitrogens is 3. The number of morpholine rings is 1. The summed E-state index contributed by atoms with van der Waals surface area (Å²) >= 11 is 5.17. The highest BCUT2D eigenvalue weighted by Crippen LogP contribution is 2.36. The van der Waals surface area contributed by atoms with Gasteiger partial charge in [0.15, 0.2) is 0 Å². The standard InChI is InChI=1S/C26H35N7O3S.C2H6.CH4S/c1-26(2,3)24(34)32-7-5-31(6-8-32)15-18-16-37-22-20(17-13-19(27)23(35-4)28-14-17)29-25(30-21(18)22)33-9-11-36-12-10-33;2*1-2/h13-14,16H,5-12,15,27H2,1-4H3;1-2H3;2H,1H3. The van der Waals surface area contributed by atoms with Gasteiger partial charge in [-0.2, -0.15) is 12.6 Å². The fourth-order valence-electron chi connectivity index (χ4n) is 4.76. The van der Waals surface area contributed by atoms with E-state index in [1.807, 2.05) is 45.6 Å². The molecule has 1 amide bonds. The minimum absolute atomic E-state index is 0.216. The highest BCUT2D eigenvalue weighted by atomic mass is 32.1. The molecule has 2 aliphatic heterocycles. The zero-order valence-electron chi connectivity index (χ0n) is 25.4. The topological polar surface area (TPSA) is 110 Å². The number of hydrogen-bond donors (Lipinski definition) is 2. The Bertz CT molecular complexity index is 1280. The number of anilines is 2. The molecule has 3 aromatic heterocycles. The van der Waals surface area contributed by atoms with E-state index in [-0.39, 0.29) is 11.3 Å². The fraction of sp³-hybridized carbons (Fsp3) is 0.586. The summed E-state index contributed by atoms with van der Waals surface area (Å²) in [4.78, 5) is 33.7. The van der Waals surface area contributed by atoms with Crippen molar-refractivity contribution in [3.05, 3.63) is 23.2 Å². The van der Waals surface area contributed by atoms with Gasteiger partial charge < -0.3 is 25.0 Å². The number of thiophene rings is 1. The summed E-state index contributed by atoms with van der Waals surface area (Å²) in [6.45, 7) is 16.7. The van der Waals surface area contributed by atoms with E-state index >= 15 is 0 Å². The van der Waals surface area contributed by atoms with E-state index in [9.17, 15) is 4.79 Å². The summed E-state index contributed by atoms with van der Waals surface area (Å²) in [5.41, 5.74) is 10.1. The molecule has 0 unspecified atom stereocenters. The van der Waals surface area contributed by atoms with Crippen LogP contribution in [0.25, 0.3) is 21.5 Å². The number of ether oxygens (including phenoxy) is 2. The number of thiol groups is 1. The molecule has 226 valence electrons. The van der Waals surface area contributed by atoms with Gasteiger partial charge in [-0.3, -0.25) is 9.69 Å². The molecule has 0 spiro atoms. The van der Waals surface area contributed by atoms with Gasteiger partial charge in [0.25, 0.3) is 0 Å². The molecule has 0 saturated carbocycles. The van der Waals surface area contributed by atoms with Crippen LogP contribution in [0.5, 0.6) is 5.88 Å². The Labute approximate surface area is 253 Å². The van der Waals surface area contributed by atoms with E-state index in [1.165, 1.54) is 5.56 Å². The number of pyridine rings is 1. The first kappa shape index (κ1) is 32.8. The predicted molar refractivity (Wildman–Crippen MR) is 172 cm³/mol. The first-order valence-electron chi connectivity index (χ1n) is 14.1. The number of nitrogens with zero attached hydrogens (tertiary/aromatic N) is 6. The van der Waals surface area contributed by atoms with Crippen molar-refractivity contribution < 1.29 is 14.3 Å². The van der Waals surface area contributed by atoms with Crippen molar-refractivity contribution in [1.82, 2.24) is 24.8 Å². The molecule has 5 heterocycles. The van der Waals surface area contributed by atoms with Crippen LogP contribution in [0.4, 0.5) is 11.6 Å². The van der Waals surface area contributed by atoms with Crippen LogP contribution in [0.15, 0.2) is 17.6 Å². The molecule has 41 heavy (non-hydrogen) atoms. The number of nitrogen functional groups attached to an aromatic ring is 1. The summed E-state index contributed by atoms with van der Waals surface area (Å²) in [7, 11) is 1.56. The largest absolute Gasteiger partial charge is 0.480 e. The van der Waals surface area contributed by atoms with E-state index in [0.717, 1.165) is 67.3 Å². The first-order valence-corrected chi connectivity index (χ1v) is 15.9. The summed E-state index contributed by atoms with van der Waals surface area (Å²) in [5, 5.41) is 2.18. The second-order valence-electron chi connectivity index (χ2n) is 10.6. The van der Waals surface area contributed by atoms with E-state index < -0.39 is 0 Å². The van der Waals surface area contributed by atoms with E-state index in [2.05, 4.69) is 32.8 Å². The summed E-state index contributed by atoms with van der Waals surface area (Å²) in [6, 6.07) is 1.86. The van der Waals surface area contributed by atoms with Crippen LogP contribution in [0, 0.1) is 5.41 Å². The average Bonchev–Trinajstić information content (AvgIpc) is 3.41. The van der Waals surface area contributed by atoms with Crippen LogP contribution >= 0.6 is 24.0 Å². The smallest absolute Gasteiger partial charge is 0.236 e. The van der Waals surface area contributed by atoms with E-state index in [1.54, 1.807) is 30.9 Å². The van der Waals surface area contributed by atoms with Crippen LogP contribution in [-0.4, -0.2) is 96.5 Å².